The van der Waals surface area contributed by atoms with Gasteiger partial charge in [0.2, 0.25) is 5.91 Å². The fourth-order valence-corrected chi connectivity index (χ4v) is 3.53. The van der Waals surface area contributed by atoms with E-state index in [1.165, 1.54) is 0 Å². The Morgan fingerprint density at radius 2 is 1.78 bits per heavy atom. The second kappa shape index (κ2) is 9.05. The van der Waals surface area contributed by atoms with Crippen molar-refractivity contribution in [3.8, 4) is 0 Å². The van der Waals surface area contributed by atoms with Crippen molar-refractivity contribution in [1.29, 1.82) is 0 Å². The van der Waals surface area contributed by atoms with E-state index < -0.39 is 0 Å². The van der Waals surface area contributed by atoms with E-state index >= 15 is 0 Å². The van der Waals surface area contributed by atoms with Crippen LogP contribution in [0.1, 0.15) is 47.2 Å². The number of nitrogens with zero attached hydrogens (tertiary/aromatic N) is 1. The highest BCUT2D eigenvalue weighted by Gasteiger charge is 2.23. The number of halogens is 1. The molecule has 0 aliphatic carbocycles. The number of nitrogens with one attached hydrogen (secondary N) is 1. The molecule has 1 saturated heterocycles. The smallest absolute Gasteiger partial charge is 0.255 e. The summed E-state index contributed by atoms with van der Waals surface area (Å²) in [7, 11) is 0. The third-order valence-corrected chi connectivity index (χ3v) is 5.20. The van der Waals surface area contributed by atoms with Crippen molar-refractivity contribution in [1.82, 2.24) is 4.90 Å². The van der Waals surface area contributed by atoms with Crippen LogP contribution in [-0.4, -0.2) is 29.8 Å². The second-order valence-electron chi connectivity index (χ2n) is 7.02. The first-order chi connectivity index (χ1) is 13.0. The van der Waals surface area contributed by atoms with Gasteiger partial charge >= 0.3 is 0 Å². The first kappa shape index (κ1) is 19.4. The average Bonchev–Trinajstić information content (AvgIpc) is 3.19. The normalized spacial score (nSPS) is 13.6. The lowest BCUT2D eigenvalue weighted by Gasteiger charge is -2.19. The van der Waals surface area contributed by atoms with Crippen LogP contribution in [0.2, 0.25) is 5.02 Å². The van der Waals surface area contributed by atoms with E-state index in [0.29, 0.717) is 22.7 Å². The molecule has 0 aromatic heterocycles. The molecule has 4 nitrogen and oxygen atoms in total. The standard InChI is InChI=1S/C22H25ClN2O2/c1-16-6-4-8-19(22(27)25-14-2-3-15-25)21(16)24-20(26)9-5-7-17-10-12-18(23)13-11-17/h4,6,8,10-13H,2-3,5,7,9,14-15H2,1H3,(H,24,26). The Balaban J connectivity index is 1.61. The lowest BCUT2D eigenvalue weighted by molar-refractivity contribution is -0.116. The molecule has 3 rings (SSSR count). The number of carbonyl (C=O) groups excluding carboxylic acids is 2. The molecule has 0 bridgehead atoms. The quantitative estimate of drug-likeness (QED) is 0.774. The summed E-state index contributed by atoms with van der Waals surface area (Å²) >= 11 is 5.89. The number of hydrogen-bond acceptors (Lipinski definition) is 2. The molecular weight excluding hydrogens is 360 g/mol. The van der Waals surface area contributed by atoms with Crippen molar-refractivity contribution in [2.24, 2.45) is 0 Å². The Morgan fingerprint density at radius 1 is 1.07 bits per heavy atom. The maximum Gasteiger partial charge on any atom is 0.255 e. The second-order valence-corrected chi connectivity index (χ2v) is 7.46. The van der Waals surface area contributed by atoms with Gasteiger partial charge in [0.25, 0.3) is 5.91 Å². The number of rotatable bonds is 6. The summed E-state index contributed by atoms with van der Waals surface area (Å²) in [5.41, 5.74) is 3.30. The van der Waals surface area contributed by atoms with E-state index in [1.54, 1.807) is 6.07 Å². The van der Waals surface area contributed by atoms with Crippen LogP contribution < -0.4 is 5.32 Å². The number of para-hydroxylation sites is 1. The maximum atomic E-state index is 12.8. The van der Waals surface area contributed by atoms with Gasteiger partial charge in [0.05, 0.1) is 11.3 Å². The molecule has 1 heterocycles. The van der Waals surface area contributed by atoms with Gasteiger partial charge in [-0.2, -0.15) is 0 Å². The zero-order valence-electron chi connectivity index (χ0n) is 15.6. The molecule has 27 heavy (non-hydrogen) atoms. The minimum absolute atomic E-state index is 0.00710. The Labute approximate surface area is 165 Å². The highest BCUT2D eigenvalue weighted by Crippen LogP contribution is 2.24. The highest BCUT2D eigenvalue weighted by molar-refractivity contribution is 6.30. The van der Waals surface area contributed by atoms with Crippen LogP contribution in [0.3, 0.4) is 0 Å². The van der Waals surface area contributed by atoms with Crippen molar-refractivity contribution in [3.63, 3.8) is 0 Å². The Morgan fingerprint density at radius 3 is 2.48 bits per heavy atom. The minimum Gasteiger partial charge on any atom is -0.339 e. The number of aryl methyl sites for hydroxylation is 2. The molecule has 5 heteroatoms. The van der Waals surface area contributed by atoms with Gasteiger partial charge in [0, 0.05) is 24.5 Å². The predicted molar refractivity (Wildman–Crippen MR) is 109 cm³/mol. The van der Waals surface area contributed by atoms with Gasteiger partial charge in [-0.3, -0.25) is 9.59 Å². The molecule has 1 N–H and O–H groups in total. The van der Waals surface area contributed by atoms with Gasteiger partial charge in [-0.05, 0) is 61.9 Å². The highest BCUT2D eigenvalue weighted by atomic mass is 35.5. The zero-order chi connectivity index (χ0) is 19.2. The lowest BCUT2D eigenvalue weighted by Crippen LogP contribution is -2.29. The summed E-state index contributed by atoms with van der Waals surface area (Å²) in [6.07, 6.45) is 4.06. The van der Waals surface area contributed by atoms with Crippen LogP contribution in [0.25, 0.3) is 0 Å². The van der Waals surface area contributed by atoms with E-state index in [1.807, 2.05) is 48.2 Å². The molecule has 1 aliphatic heterocycles. The molecule has 1 fully saturated rings. The molecule has 0 atom stereocenters. The molecule has 2 aromatic carbocycles. The summed E-state index contributed by atoms with van der Waals surface area (Å²) < 4.78 is 0. The SMILES string of the molecule is Cc1cccc(C(=O)N2CCCC2)c1NC(=O)CCCc1ccc(Cl)cc1. The average molecular weight is 385 g/mol. The van der Waals surface area contributed by atoms with Crippen molar-refractivity contribution in [2.45, 2.75) is 39.0 Å². The van der Waals surface area contributed by atoms with Crippen LogP contribution in [0, 0.1) is 6.92 Å². The van der Waals surface area contributed by atoms with Crippen LogP contribution in [0.5, 0.6) is 0 Å². The van der Waals surface area contributed by atoms with Gasteiger partial charge in [0.1, 0.15) is 0 Å². The van der Waals surface area contributed by atoms with E-state index in [-0.39, 0.29) is 11.8 Å². The zero-order valence-corrected chi connectivity index (χ0v) is 16.4. The van der Waals surface area contributed by atoms with Crippen LogP contribution in [-0.2, 0) is 11.2 Å². The summed E-state index contributed by atoms with van der Waals surface area (Å²) in [5, 5.41) is 3.69. The number of hydrogen-bond donors (Lipinski definition) is 1. The van der Waals surface area contributed by atoms with Crippen LogP contribution in [0.15, 0.2) is 42.5 Å². The monoisotopic (exact) mass is 384 g/mol. The topological polar surface area (TPSA) is 49.4 Å². The predicted octanol–water partition coefficient (Wildman–Crippen LogP) is 4.85. The summed E-state index contributed by atoms with van der Waals surface area (Å²) in [5.74, 6) is -0.0543. The van der Waals surface area contributed by atoms with Crippen LogP contribution in [0.4, 0.5) is 5.69 Å². The van der Waals surface area contributed by atoms with Crippen LogP contribution >= 0.6 is 11.6 Å². The van der Waals surface area contributed by atoms with Crippen molar-refractivity contribution in [2.75, 3.05) is 18.4 Å². The molecule has 1 aliphatic rings. The first-order valence-corrected chi connectivity index (χ1v) is 9.85. The number of carbonyl (C=O) groups is 2. The van der Waals surface area contributed by atoms with E-state index in [0.717, 1.165) is 49.9 Å². The van der Waals surface area contributed by atoms with E-state index in [4.69, 9.17) is 11.6 Å². The molecule has 0 spiro atoms. The lowest BCUT2D eigenvalue weighted by atomic mass is 10.1. The largest absolute Gasteiger partial charge is 0.339 e. The van der Waals surface area contributed by atoms with Gasteiger partial charge in [0.15, 0.2) is 0 Å². The Hall–Kier alpha value is -2.33. The van der Waals surface area contributed by atoms with Gasteiger partial charge < -0.3 is 10.2 Å². The summed E-state index contributed by atoms with van der Waals surface area (Å²) in [6.45, 7) is 3.51. The molecule has 2 aromatic rings. The van der Waals surface area contributed by atoms with Gasteiger partial charge in [-0.1, -0.05) is 35.9 Å². The van der Waals surface area contributed by atoms with Crippen molar-refractivity contribution >= 4 is 29.1 Å². The number of likely N-dealkylation sites (tertiary alicyclic amines) is 1. The van der Waals surface area contributed by atoms with Gasteiger partial charge in [-0.25, -0.2) is 0 Å². The third kappa shape index (κ3) is 5.10. The molecule has 0 radical (unpaired) electrons. The molecule has 0 saturated carbocycles. The van der Waals surface area contributed by atoms with Gasteiger partial charge in [-0.15, -0.1) is 0 Å². The van der Waals surface area contributed by atoms with E-state index in [2.05, 4.69) is 5.32 Å². The fraction of sp³-hybridized carbons (Fsp3) is 0.364. The third-order valence-electron chi connectivity index (χ3n) is 4.94. The molecule has 2 amide bonds. The number of benzene rings is 2. The van der Waals surface area contributed by atoms with Crippen molar-refractivity contribution < 1.29 is 9.59 Å². The first-order valence-electron chi connectivity index (χ1n) is 9.48. The number of amides is 2. The summed E-state index contributed by atoms with van der Waals surface area (Å²) in [4.78, 5) is 27.1. The molecular formula is C22H25ClN2O2. The van der Waals surface area contributed by atoms with E-state index in [9.17, 15) is 9.59 Å². The summed E-state index contributed by atoms with van der Waals surface area (Å²) in [6, 6.07) is 13.3. The minimum atomic E-state index is -0.0614. The Bertz CT molecular complexity index is 812. The van der Waals surface area contributed by atoms with Crippen molar-refractivity contribution in [3.05, 3.63) is 64.2 Å². The Kier molecular flexibility index (Phi) is 6.51. The molecule has 142 valence electrons. The molecule has 0 unspecified atom stereocenters. The fourth-order valence-electron chi connectivity index (χ4n) is 3.41. The number of anilines is 1. The maximum absolute atomic E-state index is 12.8.